The van der Waals surface area contributed by atoms with E-state index in [9.17, 15) is 18.8 Å². The topological polar surface area (TPSA) is 75.3 Å². The Hall–Kier alpha value is -2.73. The number of nitrogens with one attached hydrogen (secondary N) is 2. The average Bonchev–Trinajstić information content (AvgIpc) is 2.49. The van der Waals surface area contributed by atoms with Gasteiger partial charge in [-0.15, -0.1) is 0 Å². The molecule has 0 heterocycles. The highest BCUT2D eigenvalue weighted by Crippen LogP contribution is 2.26. The van der Waals surface area contributed by atoms with Gasteiger partial charge in [-0.25, -0.2) is 4.39 Å². The molecule has 2 aromatic rings. The summed E-state index contributed by atoms with van der Waals surface area (Å²) in [6.45, 7) is 2.63. The predicted octanol–water partition coefficient (Wildman–Crippen LogP) is 3.89. The lowest BCUT2D eigenvalue weighted by atomic mass is 10.1. The summed E-state index contributed by atoms with van der Waals surface area (Å²) in [6.07, 6.45) is 0. The zero-order valence-corrected chi connectivity index (χ0v) is 13.7. The Bertz CT molecular complexity index is 837. The number of carbonyl (C=O) groups is 3. The molecule has 24 heavy (non-hydrogen) atoms. The maximum absolute atomic E-state index is 14.0. The molecule has 2 amide bonds. The smallest absolute Gasteiger partial charge is 0.258 e. The molecule has 124 valence electrons. The molecule has 0 aliphatic carbocycles. The van der Waals surface area contributed by atoms with Gasteiger partial charge in [0.25, 0.3) is 5.91 Å². The van der Waals surface area contributed by atoms with E-state index < -0.39 is 11.7 Å². The van der Waals surface area contributed by atoms with Crippen LogP contribution in [0, 0.1) is 5.82 Å². The summed E-state index contributed by atoms with van der Waals surface area (Å²) >= 11 is 5.89. The first-order chi connectivity index (χ1) is 11.3. The molecule has 5 nitrogen and oxygen atoms in total. The number of amides is 2. The fourth-order valence-corrected chi connectivity index (χ4v) is 2.20. The SMILES string of the molecule is CC(=O)Nc1ccc(Cl)cc1NC(=O)c1ccc(C(C)=O)cc1F. The number of rotatable bonds is 4. The lowest BCUT2D eigenvalue weighted by Gasteiger charge is -2.12. The zero-order valence-electron chi connectivity index (χ0n) is 12.9. The van der Waals surface area contributed by atoms with Crippen LogP contribution in [0.15, 0.2) is 36.4 Å². The third-order valence-corrected chi connectivity index (χ3v) is 3.40. The third-order valence-electron chi connectivity index (χ3n) is 3.16. The molecule has 0 atom stereocenters. The van der Waals surface area contributed by atoms with E-state index in [1.807, 2.05) is 0 Å². The van der Waals surface area contributed by atoms with Gasteiger partial charge in [0.2, 0.25) is 5.91 Å². The number of carbonyl (C=O) groups excluding carboxylic acids is 3. The van der Waals surface area contributed by atoms with E-state index in [0.717, 1.165) is 6.07 Å². The number of ketones is 1. The van der Waals surface area contributed by atoms with Crippen molar-refractivity contribution in [2.24, 2.45) is 0 Å². The van der Waals surface area contributed by atoms with Gasteiger partial charge in [0.15, 0.2) is 5.78 Å². The normalized spacial score (nSPS) is 10.2. The Balaban J connectivity index is 2.31. The van der Waals surface area contributed by atoms with Crippen LogP contribution in [0.1, 0.15) is 34.6 Å². The van der Waals surface area contributed by atoms with Crippen LogP contribution in [-0.2, 0) is 4.79 Å². The van der Waals surface area contributed by atoms with Crippen LogP contribution in [0.4, 0.5) is 15.8 Å². The first kappa shape index (κ1) is 17.6. The largest absolute Gasteiger partial charge is 0.325 e. The van der Waals surface area contributed by atoms with Crippen molar-refractivity contribution in [2.45, 2.75) is 13.8 Å². The van der Waals surface area contributed by atoms with Crippen molar-refractivity contribution in [3.05, 3.63) is 58.4 Å². The molecule has 0 bridgehead atoms. The summed E-state index contributed by atoms with van der Waals surface area (Å²) in [5.74, 6) is -2.17. The van der Waals surface area contributed by atoms with Crippen LogP contribution < -0.4 is 10.6 Å². The van der Waals surface area contributed by atoms with Crippen LogP contribution >= 0.6 is 11.6 Å². The maximum atomic E-state index is 14.0. The van der Waals surface area contributed by atoms with Crippen molar-refractivity contribution in [3.63, 3.8) is 0 Å². The standard InChI is InChI=1S/C17H14ClFN2O3/c1-9(22)11-3-5-13(14(19)7-11)17(24)21-16-8-12(18)4-6-15(16)20-10(2)23/h3-8H,1-2H3,(H,20,23)(H,21,24). The van der Waals surface area contributed by atoms with Gasteiger partial charge in [-0.3, -0.25) is 14.4 Å². The van der Waals surface area contributed by atoms with Gasteiger partial charge in [-0.1, -0.05) is 17.7 Å². The van der Waals surface area contributed by atoms with E-state index >= 15 is 0 Å². The van der Waals surface area contributed by atoms with Crippen molar-refractivity contribution in [2.75, 3.05) is 10.6 Å². The fraction of sp³-hybridized carbons (Fsp3) is 0.118. The second-order valence-corrected chi connectivity index (χ2v) is 5.51. The number of hydrogen-bond acceptors (Lipinski definition) is 3. The first-order valence-corrected chi connectivity index (χ1v) is 7.34. The summed E-state index contributed by atoms with van der Waals surface area (Å²) in [4.78, 5) is 34.7. The minimum absolute atomic E-state index is 0.172. The van der Waals surface area contributed by atoms with Crippen molar-refractivity contribution in [1.82, 2.24) is 0 Å². The van der Waals surface area contributed by atoms with E-state index in [1.54, 1.807) is 6.07 Å². The monoisotopic (exact) mass is 348 g/mol. The van der Waals surface area contributed by atoms with E-state index in [2.05, 4.69) is 10.6 Å². The van der Waals surface area contributed by atoms with Crippen molar-refractivity contribution in [1.29, 1.82) is 0 Å². The predicted molar refractivity (Wildman–Crippen MR) is 90.1 cm³/mol. The number of benzene rings is 2. The molecule has 7 heteroatoms. The summed E-state index contributed by atoms with van der Waals surface area (Å²) in [6, 6.07) is 8.10. The van der Waals surface area contributed by atoms with E-state index in [1.165, 1.54) is 38.1 Å². The van der Waals surface area contributed by atoms with Gasteiger partial charge in [0, 0.05) is 17.5 Å². The summed E-state index contributed by atoms with van der Waals surface area (Å²) in [5, 5.41) is 5.38. The zero-order chi connectivity index (χ0) is 17.9. The van der Waals surface area contributed by atoms with Crippen molar-refractivity contribution in [3.8, 4) is 0 Å². The van der Waals surface area contributed by atoms with Crippen molar-refractivity contribution < 1.29 is 18.8 Å². The number of anilines is 2. The Morgan fingerprint density at radius 3 is 2.25 bits per heavy atom. The summed E-state index contributed by atoms with van der Waals surface area (Å²) in [5.41, 5.74) is 0.512. The van der Waals surface area contributed by atoms with Crippen LogP contribution in [0.25, 0.3) is 0 Å². The average molecular weight is 349 g/mol. The Labute approximate surface area is 142 Å². The molecule has 0 spiro atoms. The molecule has 0 aromatic heterocycles. The highest BCUT2D eigenvalue weighted by atomic mass is 35.5. The molecule has 2 aromatic carbocycles. The van der Waals surface area contributed by atoms with Crippen LogP contribution in [0.2, 0.25) is 5.02 Å². The Morgan fingerprint density at radius 1 is 0.958 bits per heavy atom. The van der Waals surface area contributed by atoms with Gasteiger partial charge in [0.1, 0.15) is 5.82 Å². The van der Waals surface area contributed by atoms with Crippen LogP contribution in [0.5, 0.6) is 0 Å². The first-order valence-electron chi connectivity index (χ1n) is 6.97. The Kier molecular flexibility index (Phi) is 5.31. The van der Waals surface area contributed by atoms with Crippen LogP contribution in [0.3, 0.4) is 0 Å². The third kappa shape index (κ3) is 4.17. The lowest BCUT2D eigenvalue weighted by molar-refractivity contribution is -0.114. The van der Waals surface area contributed by atoms with Gasteiger partial charge >= 0.3 is 0 Å². The minimum Gasteiger partial charge on any atom is -0.325 e. The molecule has 0 radical (unpaired) electrons. The quantitative estimate of drug-likeness (QED) is 0.823. The molecule has 0 saturated carbocycles. The second-order valence-electron chi connectivity index (χ2n) is 5.08. The van der Waals surface area contributed by atoms with Gasteiger partial charge in [0.05, 0.1) is 16.9 Å². The maximum Gasteiger partial charge on any atom is 0.258 e. The van der Waals surface area contributed by atoms with E-state index in [0.29, 0.717) is 10.7 Å². The van der Waals surface area contributed by atoms with E-state index in [4.69, 9.17) is 11.6 Å². The highest BCUT2D eigenvalue weighted by Gasteiger charge is 2.16. The Morgan fingerprint density at radius 2 is 1.67 bits per heavy atom. The van der Waals surface area contributed by atoms with Crippen LogP contribution in [-0.4, -0.2) is 17.6 Å². The number of halogens is 2. The van der Waals surface area contributed by atoms with Gasteiger partial charge in [-0.2, -0.15) is 0 Å². The van der Waals surface area contributed by atoms with E-state index in [-0.39, 0.29) is 28.5 Å². The molecule has 0 fully saturated rings. The molecule has 0 saturated heterocycles. The second kappa shape index (κ2) is 7.23. The summed E-state index contributed by atoms with van der Waals surface area (Å²) < 4.78 is 14.0. The summed E-state index contributed by atoms with van der Waals surface area (Å²) in [7, 11) is 0. The molecule has 0 aliphatic heterocycles. The molecule has 2 N–H and O–H groups in total. The lowest BCUT2D eigenvalue weighted by Crippen LogP contribution is -2.16. The van der Waals surface area contributed by atoms with Crippen molar-refractivity contribution >= 4 is 40.6 Å². The molecular formula is C17H14ClFN2O3. The molecule has 2 rings (SSSR count). The number of Topliss-reactive ketones (excluding diaryl/α,β-unsaturated/α-hetero) is 1. The molecular weight excluding hydrogens is 335 g/mol. The highest BCUT2D eigenvalue weighted by molar-refractivity contribution is 6.31. The minimum atomic E-state index is -0.816. The van der Waals surface area contributed by atoms with Gasteiger partial charge in [-0.05, 0) is 37.3 Å². The molecule has 0 aliphatic rings. The number of hydrogen-bond donors (Lipinski definition) is 2. The van der Waals surface area contributed by atoms with Gasteiger partial charge < -0.3 is 10.6 Å². The fourth-order valence-electron chi connectivity index (χ4n) is 2.03. The molecule has 0 unspecified atom stereocenters.